The molecule has 0 aliphatic carbocycles. The van der Waals surface area contributed by atoms with Crippen molar-refractivity contribution in [3.05, 3.63) is 58.3 Å². The zero-order chi connectivity index (χ0) is 18.1. The molecular weight excluding hydrogens is 322 g/mol. The van der Waals surface area contributed by atoms with Gasteiger partial charge in [-0.2, -0.15) is 5.10 Å². The first-order valence-electron chi connectivity index (χ1n) is 7.69. The number of fused-ring (bicyclic) bond motifs is 1. The van der Waals surface area contributed by atoms with Crippen LogP contribution in [0.25, 0.3) is 10.9 Å². The van der Waals surface area contributed by atoms with Crippen LogP contribution < -0.4 is 11.1 Å². The largest absolute Gasteiger partial charge is 0.393 e. The van der Waals surface area contributed by atoms with Gasteiger partial charge in [-0.3, -0.25) is 19.6 Å². The van der Waals surface area contributed by atoms with Crippen molar-refractivity contribution in [1.29, 1.82) is 0 Å². The minimum Gasteiger partial charge on any atom is -0.393 e. The van der Waals surface area contributed by atoms with Crippen molar-refractivity contribution >= 4 is 33.9 Å². The highest BCUT2D eigenvalue weighted by Crippen LogP contribution is 2.24. The summed E-state index contributed by atoms with van der Waals surface area (Å²) in [6.07, 6.45) is 1.91. The van der Waals surface area contributed by atoms with E-state index in [-0.39, 0.29) is 23.0 Å². The van der Waals surface area contributed by atoms with Crippen LogP contribution in [0, 0.1) is 10.1 Å². The number of nitrogens with two attached hydrogens (primary N) is 1. The number of hydrogen-bond donors (Lipinski definition) is 2. The summed E-state index contributed by atoms with van der Waals surface area (Å²) in [4.78, 5) is 22.7. The lowest BCUT2D eigenvalue weighted by Crippen LogP contribution is -2.12. The summed E-state index contributed by atoms with van der Waals surface area (Å²) in [5, 5.41) is 19.0. The number of rotatable bonds is 4. The molecule has 0 atom stereocenters. The summed E-state index contributed by atoms with van der Waals surface area (Å²) in [6.45, 7) is 4.06. The van der Waals surface area contributed by atoms with Crippen LogP contribution in [-0.2, 0) is 0 Å². The number of carbonyl (C=O) groups is 1. The first-order valence-corrected chi connectivity index (χ1v) is 7.69. The number of anilines is 2. The van der Waals surface area contributed by atoms with Crippen molar-refractivity contribution in [1.82, 2.24) is 9.78 Å². The monoisotopic (exact) mass is 339 g/mol. The number of benzene rings is 2. The Balaban J connectivity index is 1.86. The number of aromatic nitrogens is 2. The Kier molecular flexibility index (Phi) is 4.10. The molecule has 3 aromatic rings. The van der Waals surface area contributed by atoms with Gasteiger partial charge in [0.05, 0.1) is 10.4 Å². The molecule has 3 rings (SSSR count). The molecule has 0 radical (unpaired) electrons. The first-order chi connectivity index (χ1) is 11.8. The summed E-state index contributed by atoms with van der Waals surface area (Å²) in [6, 6.07) is 9.57. The van der Waals surface area contributed by atoms with Gasteiger partial charge >= 0.3 is 0 Å². The van der Waals surface area contributed by atoms with Crippen LogP contribution in [0.5, 0.6) is 0 Å². The van der Waals surface area contributed by atoms with E-state index >= 15 is 0 Å². The summed E-state index contributed by atoms with van der Waals surface area (Å²) >= 11 is 0. The van der Waals surface area contributed by atoms with Crippen LogP contribution in [-0.4, -0.2) is 20.6 Å². The van der Waals surface area contributed by atoms with E-state index in [2.05, 4.69) is 10.4 Å². The van der Waals surface area contributed by atoms with Crippen LogP contribution in [0.2, 0.25) is 0 Å². The predicted octanol–water partition coefficient (Wildman–Crippen LogP) is 3.36. The van der Waals surface area contributed by atoms with E-state index < -0.39 is 10.8 Å². The number of nitrogens with one attached hydrogen (secondary N) is 1. The van der Waals surface area contributed by atoms with E-state index in [1.165, 1.54) is 18.2 Å². The van der Waals surface area contributed by atoms with E-state index in [1.807, 2.05) is 36.9 Å². The van der Waals surface area contributed by atoms with Gasteiger partial charge in [0.25, 0.3) is 11.6 Å². The number of hydrogen-bond acceptors (Lipinski definition) is 5. The third-order valence-electron chi connectivity index (χ3n) is 3.80. The molecule has 0 aliphatic rings. The molecule has 2 aromatic carbocycles. The minimum atomic E-state index is -0.613. The summed E-state index contributed by atoms with van der Waals surface area (Å²) in [7, 11) is 0. The van der Waals surface area contributed by atoms with Gasteiger partial charge in [0, 0.05) is 34.9 Å². The Hall–Kier alpha value is -3.42. The van der Waals surface area contributed by atoms with Gasteiger partial charge in [-0.1, -0.05) is 0 Å². The Bertz CT molecular complexity index is 978. The van der Waals surface area contributed by atoms with E-state index in [4.69, 9.17) is 5.73 Å². The molecule has 0 fully saturated rings. The Morgan fingerprint density at radius 3 is 2.72 bits per heavy atom. The van der Waals surface area contributed by atoms with Crippen LogP contribution >= 0.6 is 0 Å². The van der Waals surface area contributed by atoms with Gasteiger partial charge in [-0.05, 0) is 44.2 Å². The Labute approximate surface area is 143 Å². The zero-order valence-corrected chi connectivity index (χ0v) is 13.8. The lowest BCUT2D eigenvalue weighted by atomic mass is 10.1. The lowest BCUT2D eigenvalue weighted by molar-refractivity contribution is -0.383. The SMILES string of the molecule is CC(C)n1cc2cc(NC(=O)c3ccc(N)c([N+](=O)[O-])c3)ccc2n1. The molecular formula is C17H17N5O3. The molecule has 8 nitrogen and oxygen atoms in total. The van der Waals surface area contributed by atoms with E-state index in [0.29, 0.717) is 5.69 Å². The van der Waals surface area contributed by atoms with Gasteiger partial charge < -0.3 is 11.1 Å². The Morgan fingerprint density at radius 2 is 2.04 bits per heavy atom. The van der Waals surface area contributed by atoms with Gasteiger partial charge in [0.2, 0.25) is 0 Å². The van der Waals surface area contributed by atoms with Crippen LogP contribution in [0.1, 0.15) is 30.2 Å². The molecule has 8 heteroatoms. The van der Waals surface area contributed by atoms with Crippen molar-refractivity contribution in [2.45, 2.75) is 19.9 Å². The number of nitro benzene ring substituents is 1. The molecule has 0 unspecified atom stereocenters. The molecule has 0 saturated heterocycles. The number of nitrogens with zero attached hydrogens (tertiary/aromatic N) is 3. The average Bonchev–Trinajstić information content (AvgIpc) is 2.98. The van der Waals surface area contributed by atoms with Crippen molar-refractivity contribution in [3.8, 4) is 0 Å². The summed E-state index contributed by atoms with van der Waals surface area (Å²) < 4.78 is 1.85. The fourth-order valence-corrected chi connectivity index (χ4v) is 2.43. The highest BCUT2D eigenvalue weighted by Gasteiger charge is 2.16. The normalized spacial score (nSPS) is 11.0. The van der Waals surface area contributed by atoms with Gasteiger partial charge in [-0.15, -0.1) is 0 Å². The molecule has 0 bridgehead atoms. The number of carbonyl (C=O) groups excluding carboxylic acids is 1. The number of nitrogen functional groups attached to an aromatic ring is 1. The van der Waals surface area contributed by atoms with Crippen LogP contribution in [0.3, 0.4) is 0 Å². The van der Waals surface area contributed by atoms with E-state index in [9.17, 15) is 14.9 Å². The Morgan fingerprint density at radius 1 is 1.28 bits per heavy atom. The second-order valence-corrected chi connectivity index (χ2v) is 5.96. The predicted molar refractivity (Wildman–Crippen MR) is 95.6 cm³/mol. The molecule has 1 amide bonds. The maximum Gasteiger partial charge on any atom is 0.292 e. The van der Waals surface area contributed by atoms with E-state index in [1.54, 1.807) is 6.07 Å². The van der Waals surface area contributed by atoms with Crippen molar-refractivity contribution in [3.63, 3.8) is 0 Å². The third kappa shape index (κ3) is 3.27. The molecule has 3 N–H and O–H groups in total. The van der Waals surface area contributed by atoms with Crippen molar-refractivity contribution in [2.24, 2.45) is 0 Å². The molecule has 1 aromatic heterocycles. The summed E-state index contributed by atoms with van der Waals surface area (Å²) in [5.74, 6) is -0.446. The smallest absolute Gasteiger partial charge is 0.292 e. The number of amides is 1. The molecule has 0 aliphatic heterocycles. The second-order valence-electron chi connectivity index (χ2n) is 5.96. The zero-order valence-electron chi connectivity index (χ0n) is 13.8. The standard InChI is InChI=1S/C17H17N5O3/c1-10(2)21-9-12-7-13(4-6-15(12)20-21)19-17(23)11-3-5-14(18)16(8-11)22(24)25/h3-10H,18H2,1-2H3,(H,19,23). The number of nitro groups is 1. The average molecular weight is 339 g/mol. The molecule has 25 heavy (non-hydrogen) atoms. The second kappa shape index (κ2) is 6.23. The lowest BCUT2D eigenvalue weighted by Gasteiger charge is -2.06. The molecule has 0 spiro atoms. The third-order valence-corrected chi connectivity index (χ3v) is 3.80. The first kappa shape index (κ1) is 16.4. The highest BCUT2D eigenvalue weighted by atomic mass is 16.6. The molecule has 128 valence electrons. The van der Waals surface area contributed by atoms with Gasteiger partial charge in [0.15, 0.2) is 0 Å². The van der Waals surface area contributed by atoms with Gasteiger partial charge in [0.1, 0.15) is 5.69 Å². The highest BCUT2D eigenvalue weighted by molar-refractivity contribution is 6.05. The quantitative estimate of drug-likeness (QED) is 0.429. The fourth-order valence-electron chi connectivity index (χ4n) is 2.43. The van der Waals surface area contributed by atoms with E-state index in [0.717, 1.165) is 10.9 Å². The maximum atomic E-state index is 12.4. The maximum absolute atomic E-state index is 12.4. The van der Waals surface area contributed by atoms with Crippen molar-refractivity contribution < 1.29 is 9.72 Å². The molecule has 0 saturated carbocycles. The summed E-state index contributed by atoms with van der Waals surface area (Å²) in [5.41, 5.74) is 6.85. The van der Waals surface area contributed by atoms with Crippen molar-refractivity contribution in [2.75, 3.05) is 11.1 Å². The van der Waals surface area contributed by atoms with Crippen LogP contribution in [0.15, 0.2) is 42.6 Å². The molecule has 1 heterocycles. The topological polar surface area (TPSA) is 116 Å². The van der Waals surface area contributed by atoms with Crippen LogP contribution in [0.4, 0.5) is 17.1 Å². The van der Waals surface area contributed by atoms with Gasteiger partial charge in [-0.25, -0.2) is 0 Å². The minimum absolute atomic E-state index is 0.0177. The fraction of sp³-hybridized carbons (Fsp3) is 0.176.